The molecule has 14 nitrogen and oxygen atoms in total. The molecule has 1 aromatic carbocycles. The summed E-state index contributed by atoms with van der Waals surface area (Å²) in [7, 11) is 0. The van der Waals surface area contributed by atoms with Crippen molar-refractivity contribution in [2.75, 3.05) is 31.2 Å². The van der Waals surface area contributed by atoms with Crippen LogP contribution in [0.1, 0.15) is 18.4 Å². The molecule has 3 N–H and O–H groups in total. The summed E-state index contributed by atoms with van der Waals surface area (Å²) >= 11 is 0. The zero-order valence-electron chi connectivity index (χ0n) is 17.8. The van der Waals surface area contributed by atoms with Crippen molar-refractivity contribution in [3.8, 4) is 0 Å². The van der Waals surface area contributed by atoms with Crippen molar-refractivity contribution >= 4 is 28.7 Å². The number of nitrogens with two attached hydrogens (primary N) is 1. The average Bonchev–Trinajstić information content (AvgIpc) is 3.14. The lowest BCUT2D eigenvalue weighted by Gasteiger charge is -2.41. The Balaban J connectivity index is 1.56. The second-order valence-electron chi connectivity index (χ2n) is 8.10. The minimum atomic E-state index is -5.01. The van der Waals surface area contributed by atoms with Gasteiger partial charge in [0.25, 0.3) is 17.3 Å². The molecule has 2 unspecified atom stereocenters. The van der Waals surface area contributed by atoms with Crippen molar-refractivity contribution in [3.63, 3.8) is 0 Å². The van der Waals surface area contributed by atoms with E-state index in [9.17, 15) is 38.2 Å². The first-order chi connectivity index (χ1) is 16.5. The number of carbonyl (C=O) groups excluding carboxylic acids is 1. The number of nitro groups is 2. The highest BCUT2D eigenvalue weighted by Crippen LogP contribution is 2.45. The average molecular weight is 504 g/mol. The number of amides is 1. The van der Waals surface area contributed by atoms with Gasteiger partial charge < -0.3 is 19.2 Å². The number of hydrazine groups is 1. The van der Waals surface area contributed by atoms with E-state index in [0.29, 0.717) is 0 Å². The number of alkyl halides is 3. The van der Waals surface area contributed by atoms with E-state index in [4.69, 9.17) is 20.2 Å². The summed E-state index contributed by atoms with van der Waals surface area (Å²) < 4.78 is 51.4. The van der Waals surface area contributed by atoms with E-state index < -0.39 is 62.4 Å². The molecule has 17 heteroatoms. The number of rotatable bonds is 4. The normalized spacial score (nSPS) is 23.7. The number of benzene rings is 1. The van der Waals surface area contributed by atoms with Crippen LogP contribution in [0.5, 0.6) is 0 Å². The third-order valence-corrected chi connectivity index (χ3v) is 6.12. The number of nitrogens with zero attached hydrogens (tertiary/aromatic N) is 4. The first-order valence-electron chi connectivity index (χ1n) is 10.3. The number of oxime groups is 1. The highest BCUT2D eigenvalue weighted by atomic mass is 19.4. The van der Waals surface area contributed by atoms with Crippen molar-refractivity contribution in [3.05, 3.63) is 37.9 Å². The summed E-state index contributed by atoms with van der Waals surface area (Å²) in [6.07, 6.45) is -5.46. The third-order valence-electron chi connectivity index (χ3n) is 6.12. The molecule has 3 aliphatic heterocycles. The highest BCUT2D eigenvalue weighted by Gasteiger charge is 2.48. The van der Waals surface area contributed by atoms with Gasteiger partial charge >= 0.3 is 6.18 Å². The lowest BCUT2D eigenvalue weighted by Crippen LogP contribution is -2.48. The van der Waals surface area contributed by atoms with Gasteiger partial charge in [-0.25, -0.2) is 5.84 Å². The minimum Gasteiger partial charge on any atom is -0.389 e. The van der Waals surface area contributed by atoms with Crippen LogP contribution < -0.4 is 16.2 Å². The van der Waals surface area contributed by atoms with Crippen molar-refractivity contribution in [1.82, 2.24) is 5.43 Å². The van der Waals surface area contributed by atoms with Gasteiger partial charge in [0.15, 0.2) is 23.3 Å². The molecule has 190 valence electrons. The molecule has 2 atom stereocenters. The maximum atomic E-state index is 13.2. The number of anilines is 1. The molecule has 2 saturated heterocycles. The van der Waals surface area contributed by atoms with Crippen molar-refractivity contribution in [2.24, 2.45) is 16.9 Å². The summed E-state index contributed by atoms with van der Waals surface area (Å²) in [5, 5.41) is 26.8. The zero-order chi connectivity index (χ0) is 25.5. The van der Waals surface area contributed by atoms with Crippen LogP contribution in [0.25, 0.3) is 0 Å². The van der Waals surface area contributed by atoms with E-state index >= 15 is 0 Å². The number of hydrogen-bond acceptors (Lipinski definition) is 11. The smallest absolute Gasteiger partial charge is 0.389 e. The Morgan fingerprint density at radius 3 is 2.23 bits per heavy atom. The maximum absolute atomic E-state index is 13.2. The van der Waals surface area contributed by atoms with E-state index in [0.717, 1.165) is 0 Å². The van der Waals surface area contributed by atoms with Gasteiger partial charge in [-0.2, -0.15) is 13.2 Å². The summed E-state index contributed by atoms with van der Waals surface area (Å²) in [6, 6.07) is 0.570. The van der Waals surface area contributed by atoms with Crippen LogP contribution in [0.4, 0.5) is 30.2 Å². The molecular formula is C18H19F3N6O8. The fourth-order valence-electron chi connectivity index (χ4n) is 4.31. The van der Waals surface area contributed by atoms with E-state index in [-0.39, 0.29) is 57.0 Å². The molecule has 35 heavy (non-hydrogen) atoms. The number of fused-ring (bicyclic) bond motifs is 1. The van der Waals surface area contributed by atoms with Crippen molar-refractivity contribution in [1.29, 1.82) is 0 Å². The predicted molar refractivity (Wildman–Crippen MR) is 109 cm³/mol. The van der Waals surface area contributed by atoms with Crippen LogP contribution >= 0.6 is 0 Å². The van der Waals surface area contributed by atoms with Gasteiger partial charge in [0.05, 0.1) is 34.5 Å². The minimum absolute atomic E-state index is 0.00388. The lowest BCUT2D eigenvalue weighted by molar-refractivity contribution is -0.393. The van der Waals surface area contributed by atoms with E-state index in [1.54, 1.807) is 0 Å². The first kappa shape index (κ1) is 24.6. The Kier molecular flexibility index (Phi) is 6.24. The van der Waals surface area contributed by atoms with Crippen LogP contribution in [-0.4, -0.2) is 59.7 Å². The van der Waals surface area contributed by atoms with Crippen LogP contribution in [-0.2, 0) is 25.3 Å². The Morgan fingerprint density at radius 1 is 1.14 bits per heavy atom. The molecule has 0 radical (unpaired) electrons. The SMILES string of the molecule is NNC(=O)C1=NOC2COC3(CCN(c4c([N+](=O)[O-])cc(C(F)(F)F)cc4[N+](=O)[O-])CC3)OCC12. The van der Waals surface area contributed by atoms with Gasteiger partial charge in [0.2, 0.25) is 0 Å². The summed E-state index contributed by atoms with van der Waals surface area (Å²) in [6.45, 7) is -0.117. The number of ether oxygens (including phenoxy) is 2. The van der Waals surface area contributed by atoms with Crippen molar-refractivity contribution in [2.45, 2.75) is 30.9 Å². The highest BCUT2D eigenvalue weighted by molar-refractivity contribution is 6.39. The topological polar surface area (TPSA) is 185 Å². The Morgan fingerprint density at radius 2 is 1.71 bits per heavy atom. The molecule has 0 saturated carbocycles. The monoisotopic (exact) mass is 504 g/mol. The summed E-state index contributed by atoms with van der Waals surface area (Å²) in [5.74, 6) is 2.75. The van der Waals surface area contributed by atoms with Crippen molar-refractivity contribution < 1.29 is 42.1 Å². The summed E-state index contributed by atoms with van der Waals surface area (Å²) in [4.78, 5) is 39.3. The second-order valence-corrected chi connectivity index (χ2v) is 8.10. The standard InChI is InChI=1S/C18H19F3N6O8/c19-18(20,21)9-5-11(26(29)30)15(12(6-9)27(31)32)25-3-1-17(2-4-25)33-7-10-13(8-34-17)35-24-14(10)16(28)23-22/h5-6,10,13H,1-4,7-8,22H2,(H,23,28). The first-order valence-corrected chi connectivity index (χ1v) is 10.3. The van der Waals surface area contributed by atoms with Gasteiger partial charge in [-0.05, 0) is 0 Å². The van der Waals surface area contributed by atoms with Crippen LogP contribution in [0.15, 0.2) is 17.3 Å². The molecule has 0 bridgehead atoms. The molecule has 0 aromatic heterocycles. The molecule has 2 fully saturated rings. The Labute approximate surface area is 194 Å². The molecule has 4 rings (SSSR count). The number of carbonyl (C=O) groups is 1. The number of hydrogen-bond donors (Lipinski definition) is 2. The molecular weight excluding hydrogens is 485 g/mol. The lowest BCUT2D eigenvalue weighted by atomic mass is 9.98. The number of halogens is 3. The fourth-order valence-corrected chi connectivity index (χ4v) is 4.31. The molecule has 0 aliphatic carbocycles. The molecule has 1 amide bonds. The van der Waals surface area contributed by atoms with E-state index in [1.165, 1.54) is 4.90 Å². The third kappa shape index (κ3) is 4.56. The van der Waals surface area contributed by atoms with E-state index in [1.807, 2.05) is 5.43 Å². The predicted octanol–water partition coefficient (Wildman–Crippen LogP) is 1.23. The van der Waals surface area contributed by atoms with Gasteiger partial charge in [-0.3, -0.25) is 30.4 Å². The van der Waals surface area contributed by atoms with Gasteiger partial charge in [0, 0.05) is 38.1 Å². The largest absolute Gasteiger partial charge is 0.416 e. The number of nitrogens with one attached hydrogen (secondary N) is 1. The number of nitro benzene ring substituents is 2. The maximum Gasteiger partial charge on any atom is 0.416 e. The van der Waals surface area contributed by atoms with Crippen LogP contribution in [0.2, 0.25) is 0 Å². The van der Waals surface area contributed by atoms with Crippen LogP contribution in [0, 0.1) is 26.1 Å². The van der Waals surface area contributed by atoms with Gasteiger partial charge in [-0.1, -0.05) is 5.16 Å². The Bertz CT molecular complexity index is 1050. The van der Waals surface area contributed by atoms with Gasteiger partial charge in [0.1, 0.15) is 0 Å². The molecule has 1 aromatic rings. The second kappa shape index (κ2) is 8.90. The van der Waals surface area contributed by atoms with Crippen LogP contribution in [0.3, 0.4) is 0 Å². The zero-order valence-corrected chi connectivity index (χ0v) is 17.8. The quantitative estimate of drug-likeness (QED) is 0.261. The van der Waals surface area contributed by atoms with Gasteiger partial charge in [-0.15, -0.1) is 0 Å². The van der Waals surface area contributed by atoms with E-state index in [2.05, 4.69) is 5.16 Å². The molecule has 1 spiro atoms. The molecule has 3 aliphatic rings. The number of piperidine rings is 1. The molecule has 3 heterocycles. The fraction of sp³-hybridized carbons (Fsp3) is 0.556. The Hall–Kier alpha value is -3.57. The summed E-state index contributed by atoms with van der Waals surface area (Å²) in [5.41, 5.74) is -2.07.